The molecule has 84 valence electrons. The molecular weight excluding hydrogens is 214 g/mol. The van der Waals surface area contributed by atoms with E-state index >= 15 is 0 Å². The van der Waals surface area contributed by atoms with Gasteiger partial charge in [-0.2, -0.15) is 0 Å². The van der Waals surface area contributed by atoms with Crippen molar-refractivity contribution >= 4 is 28.4 Å². The summed E-state index contributed by atoms with van der Waals surface area (Å²) >= 11 is 0. The monoisotopic (exact) mass is 225 g/mol. The molecule has 0 radical (unpaired) electrons. The van der Waals surface area contributed by atoms with Gasteiger partial charge in [0.05, 0.1) is 5.56 Å². The molecule has 0 bridgehead atoms. The number of benzene rings is 1. The fourth-order valence-corrected chi connectivity index (χ4v) is 2.15. The molecule has 0 saturated carbocycles. The molecule has 0 N–H and O–H groups in total. The highest BCUT2D eigenvalue weighted by molar-refractivity contribution is 6.08. The summed E-state index contributed by atoms with van der Waals surface area (Å²) in [5.41, 5.74) is 4.86. The van der Waals surface area contributed by atoms with Crippen LogP contribution in [0, 0.1) is 13.8 Å². The van der Waals surface area contributed by atoms with Crippen LogP contribution in [0.4, 0.5) is 0 Å². The normalized spacial score (nSPS) is 11.2. The largest absolute Gasteiger partial charge is 0.453 e. The fraction of sp³-hybridized carbons (Fsp3) is 0.143. The molecule has 2 heterocycles. The molecule has 3 heteroatoms. The average molecular weight is 225 g/mol. The number of aldehydes is 1. The minimum Gasteiger partial charge on any atom is -0.453 e. The Morgan fingerprint density at radius 2 is 2.06 bits per heavy atom. The van der Waals surface area contributed by atoms with Crippen LogP contribution in [-0.2, 0) is 0 Å². The van der Waals surface area contributed by atoms with Crippen LogP contribution in [0.2, 0.25) is 0 Å². The minimum atomic E-state index is 0.581. The lowest BCUT2D eigenvalue weighted by atomic mass is 10.1. The Labute approximate surface area is 98.1 Å². The Morgan fingerprint density at radius 3 is 2.82 bits per heavy atom. The zero-order valence-electron chi connectivity index (χ0n) is 9.65. The number of aryl methyl sites for hydroxylation is 2. The van der Waals surface area contributed by atoms with Crippen molar-refractivity contribution in [1.82, 2.24) is 4.98 Å². The minimum absolute atomic E-state index is 0.581. The molecule has 0 amide bonds. The van der Waals surface area contributed by atoms with Crippen LogP contribution in [0.5, 0.6) is 0 Å². The lowest BCUT2D eigenvalue weighted by Gasteiger charge is -1.95. The molecule has 3 aromatic rings. The van der Waals surface area contributed by atoms with Crippen molar-refractivity contribution in [2.75, 3.05) is 0 Å². The van der Waals surface area contributed by atoms with E-state index in [1.807, 2.05) is 32.0 Å². The van der Waals surface area contributed by atoms with Crippen LogP contribution in [0.3, 0.4) is 0 Å². The van der Waals surface area contributed by atoms with E-state index in [0.29, 0.717) is 11.1 Å². The van der Waals surface area contributed by atoms with Gasteiger partial charge < -0.3 is 4.42 Å². The van der Waals surface area contributed by atoms with E-state index in [0.717, 1.165) is 33.9 Å². The summed E-state index contributed by atoms with van der Waals surface area (Å²) in [7, 11) is 0. The topological polar surface area (TPSA) is 43.1 Å². The molecular formula is C14H11NO2. The molecule has 0 atom stereocenters. The molecule has 0 aliphatic carbocycles. The quantitative estimate of drug-likeness (QED) is 0.596. The van der Waals surface area contributed by atoms with Gasteiger partial charge >= 0.3 is 0 Å². The molecule has 17 heavy (non-hydrogen) atoms. The molecule has 3 rings (SSSR count). The van der Waals surface area contributed by atoms with E-state index in [9.17, 15) is 4.79 Å². The van der Waals surface area contributed by atoms with E-state index in [1.54, 1.807) is 6.20 Å². The number of fused-ring (bicyclic) bond motifs is 3. The van der Waals surface area contributed by atoms with Gasteiger partial charge in [-0.25, -0.2) is 0 Å². The summed E-state index contributed by atoms with van der Waals surface area (Å²) in [4.78, 5) is 15.4. The number of nitrogens with zero attached hydrogens (tertiary/aromatic N) is 1. The summed E-state index contributed by atoms with van der Waals surface area (Å²) in [6.07, 6.45) is 2.59. The van der Waals surface area contributed by atoms with Crippen LogP contribution in [0.15, 0.2) is 28.8 Å². The van der Waals surface area contributed by atoms with Crippen molar-refractivity contribution in [3.63, 3.8) is 0 Å². The van der Waals surface area contributed by atoms with E-state index in [2.05, 4.69) is 4.98 Å². The van der Waals surface area contributed by atoms with Crippen molar-refractivity contribution in [2.45, 2.75) is 13.8 Å². The Hall–Kier alpha value is -2.16. The van der Waals surface area contributed by atoms with Crippen LogP contribution in [0.1, 0.15) is 21.5 Å². The van der Waals surface area contributed by atoms with E-state index in [4.69, 9.17) is 4.42 Å². The standard InChI is InChI=1S/C14H11NO2/c1-8-5-10(7-16)14-11(6-8)12-13(17-14)9(2)3-4-15-12/h3-7H,1-2H3. The van der Waals surface area contributed by atoms with Crippen molar-refractivity contribution in [2.24, 2.45) is 0 Å². The number of pyridine rings is 1. The van der Waals surface area contributed by atoms with Gasteiger partial charge in [0.15, 0.2) is 11.9 Å². The Bertz CT molecular complexity index is 741. The third-order valence-electron chi connectivity index (χ3n) is 2.95. The molecule has 0 aliphatic rings. The number of rotatable bonds is 1. The second-order valence-electron chi connectivity index (χ2n) is 4.26. The third-order valence-corrected chi connectivity index (χ3v) is 2.95. The van der Waals surface area contributed by atoms with Gasteiger partial charge in [-0.1, -0.05) is 0 Å². The fourth-order valence-electron chi connectivity index (χ4n) is 2.15. The average Bonchev–Trinajstić information content (AvgIpc) is 2.68. The van der Waals surface area contributed by atoms with Crippen LogP contribution in [0.25, 0.3) is 22.1 Å². The summed E-state index contributed by atoms with van der Waals surface area (Å²) in [5.74, 6) is 0. The van der Waals surface area contributed by atoms with E-state index in [-0.39, 0.29) is 0 Å². The van der Waals surface area contributed by atoms with Gasteiger partial charge in [0.1, 0.15) is 11.1 Å². The van der Waals surface area contributed by atoms with E-state index < -0.39 is 0 Å². The Kier molecular flexibility index (Phi) is 2.01. The molecule has 0 saturated heterocycles. The lowest BCUT2D eigenvalue weighted by molar-refractivity contribution is 0.112. The first-order valence-corrected chi connectivity index (χ1v) is 5.44. The smallest absolute Gasteiger partial charge is 0.156 e. The van der Waals surface area contributed by atoms with Gasteiger partial charge in [-0.05, 0) is 43.2 Å². The van der Waals surface area contributed by atoms with Gasteiger partial charge in [-0.3, -0.25) is 9.78 Å². The lowest BCUT2D eigenvalue weighted by Crippen LogP contribution is -1.83. The van der Waals surface area contributed by atoms with Gasteiger partial charge in [0.2, 0.25) is 0 Å². The van der Waals surface area contributed by atoms with E-state index in [1.165, 1.54) is 0 Å². The molecule has 0 fully saturated rings. The van der Waals surface area contributed by atoms with Gasteiger partial charge in [0.25, 0.3) is 0 Å². The van der Waals surface area contributed by atoms with Crippen LogP contribution in [-0.4, -0.2) is 11.3 Å². The number of furan rings is 1. The highest BCUT2D eigenvalue weighted by Gasteiger charge is 2.13. The second kappa shape index (κ2) is 3.42. The Balaban J connectivity index is 2.60. The maximum absolute atomic E-state index is 11.1. The van der Waals surface area contributed by atoms with Crippen molar-refractivity contribution in [3.8, 4) is 0 Å². The number of aromatic nitrogens is 1. The molecule has 0 spiro atoms. The predicted octanol–water partition coefficient (Wildman–Crippen LogP) is 3.41. The molecule has 3 nitrogen and oxygen atoms in total. The molecule has 2 aromatic heterocycles. The zero-order chi connectivity index (χ0) is 12.0. The third kappa shape index (κ3) is 1.35. The Morgan fingerprint density at radius 1 is 1.24 bits per heavy atom. The first-order chi connectivity index (χ1) is 8.20. The number of carbonyl (C=O) groups excluding carboxylic acids is 1. The summed E-state index contributed by atoms with van der Waals surface area (Å²) in [5, 5.41) is 0.908. The maximum atomic E-state index is 11.1. The van der Waals surface area contributed by atoms with Crippen molar-refractivity contribution in [1.29, 1.82) is 0 Å². The molecule has 1 aromatic carbocycles. The summed E-state index contributed by atoms with van der Waals surface area (Å²) < 4.78 is 5.77. The van der Waals surface area contributed by atoms with Crippen LogP contribution >= 0.6 is 0 Å². The summed E-state index contributed by atoms with van der Waals surface area (Å²) in [6.45, 7) is 3.93. The second-order valence-corrected chi connectivity index (χ2v) is 4.26. The first-order valence-electron chi connectivity index (χ1n) is 5.44. The van der Waals surface area contributed by atoms with Crippen LogP contribution < -0.4 is 0 Å². The van der Waals surface area contributed by atoms with Crippen molar-refractivity contribution < 1.29 is 9.21 Å². The highest BCUT2D eigenvalue weighted by Crippen LogP contribution is 2.31. The summed E-state index contributed by atoms with van der Waals surface area (Å²) in [6, 6.07) is 5.73. The van der Waals surface area contributed by atoms with Gasteiger partial charge in [-0.15, -0.1) is 0 Å². The first kappa shape index (κ1) is 10.0. The molecule has 0 unspecified atom stereocenters. The predicted molar refractivity (Wildman–Crippen MR) is 66.4 cm³/mol. The molecule has 0 aliphatic heterocycles. The number of hydrogen-bond acceptors (Lipinski definition) is 3. The number of carbonyl (C=O) groups is 1. The zero-order valence-corrected chi connectivity index (χ0v) is 9.65. The SMILES string of the molecule is Cc1cc(C=O)c2oc3c(C)ccnc3c2c1. The van der Waals surface area contributed by atoms with Gasteiger partial charge in [0, 0.05) is 11.6 Å². The number of hydrogen-bond donors (Lipinski definition) is 0. The van der Waals surface area contributed by atoms with Crippen molar-refractivity contribution in [3.05, 3.63) is 41.1 Å². The maximum Gasteiger partial charge on any atom is 0.156 e. The highest BCUT2D eigenvalue weighted by atomic mass is 16.3.